The van der Waals surface area contributed by atoms with Crippen LogP contribution in [0.2, 0.25) is 0 Å². The van der Waals surface area contributed by atoms with Gasteiger partial charge in [-0.05, 0) is 19.3 Å². The van der Waals surface area contributed by atoms with Gasteiger partial charge >= 0.3 is 0 Å². The highest BCUT2D eigenvalue weighted by Crippen LogP contribution is 2.22. The Morgan fingerprint density at radius 1 is 0.429 bits per heavy atom. The lowest BCUT2D eigenvalue weighted by Gasteiger charge is -2.30. The Morgan fingerprint density at radius 2 is 0.771 bits per heavy atom. The molecule has 0 bridgehead atoms. The van der Waals surface area contributed by atoms with Crippen molar-refractivity contribution in [3.8, 4) is 0 Å². The van der Waals surface area contributed by atoms with Gasteiger partial charge in [0.25, 0.3) is 0 Å². The standard InChI is InChI=1S/C33H66N2/c1-4-6-8-10-12-14-16-17-18-19-20-22-24-26-28-30-35-32-31-34(3)33(35)29-27-25-23-21-15-13-11-9-7-5-2/h31-33H,4-30H2,1-3H3. The fourth-order valence-corrected chi connectivity index (χ4v) is 5.70. The molecule has 2 heteroatoms. The van der Waals surface area contributed by atoms with Crippen LogP contribution in [0.25, 0.3) is 0 Å². The van der Waals surface area contributed by atoms with Gasteiger partial charge in [0.05, 0.1) is 0 Å². The molecule has 35 heavy (non-hydrogen) atoms. The van der Waals surface area contributed by atoms with E-state index in [1.165, 1.54) is 173 Å². The molecule has 208 valence electrons. The zero-order valence-corrected chi connectivity index (χ0v) is 24.7. The summed E-state index contributed by atoms with van der Waals surface area (Å²) in [6, 6.07) is 0. The van der Waals surface area contributed by atoms with Crippen molar-refractivity contribution in [3.63, 3.8) is 0 Å². The van der Waals surface area contributed by atoms with E-state index in [1.54, 1.807) is 0 Å². The molecule has 0 aliphatic carbocycles. The van der Waals surface area contributed by atoms with E-state index in [-0.39, 0.29) is 0 Å². The maximum Gasteiger partial charge on any atom is 0.100 e. The molecule has 1 aliphatic heterocycles. The van der Waals surface area contributed by atoms with Gasteiger partial charge in [-0.2, -0.15) is 0 Å². The van der Waals surface area contributed by atoms with Crippen molar-refractivity contribution in [2.75, 3.05) is 13.6 Å². The SMILES string of the molecule is CCCCCCCCCCCCCCCCCN1C=CN(C)C1CCCCCCCCCCCC. The smallest absolute Gasteiger partial charge is 0.100 e. The van der Waals surface area contributed by atoms with E-state index in [4.69, 9.17) is 0 Å². The summed E-state index contributed by atoms with van der Waals surface area (Å²) in [6.45, 7) is 5.86. The Labute approximate surface area is 222 Å². The minimum Gasteiger partial charge on any atom is -0.359 e. The number of hydrogen-bond acceptors (Lipinski definition) is 2. The largest absolute Gasteiger partial charge is 0.359 e. The van der Waals surface area contributed by atoms with Gasteiger partial charge in [0.15, 0.2) is 0 Å². The van der Waals surface area contributed by atoms with Crippen molar-refractivity contribution in [3.05, 3.63) is 12.4 Å². The van der Waals surface area contributed by atoms with Crippen LogP contribution >= 0.6 is 0 Å². The second-order valence-electron chi connectivity index (χ2n) is 11.6. The summed E-state index contributed by atoms with van der Waals surface area (Å²) in [5.74, 6) is 0. The highest BCUT2D eigenvalue weighted by molar-refractivity contribution is 4.95. The third kappa shape index (κ3) is 19.2. The summed E-state index contributed by atoms with van der Waals surface area (Å²) in [7, 11) is 2.27. The topological polar surface area (TPSA) is 6.48 Å². The van der Waals surface area contributed by atoms with Gasteiger partial charge in [-0.1, -0.05) is 162 Å². The fraction of sp³-hybridized carbons (Fsp3) is 0.939. The van der Waals surface area contributed by atoms with Gasteiger partial charge in [0.2, 0.25) is 0 Å². The minimum absolute atomic E-state index is 0.621. The molecule has 0 saturated carbocycles. The number of unbranched alkanes of at least 4 members (excludes halogenated alkanes) is 23. The van der Waals surface area contributed by atoms with E-state index in [1.807, 2.05) is 0 Å². The van der Waals surface area contributed by atoms with Crippen LogP contribution in [0.4, 0.5) is 0 Å². The molecule has 0 N–H and O–H groups in total. The molecule has 0 aromatic heterocycles. The molecule has 1 rings (SSSR count). The summed E-state index contributed by atoms with van der Waals surface area (Å²) < 4.78 is 0. The van der Waals surface area contributed by atoms with Crippen LogP contribution in [0.1, 0.15) is 181 Å². The summed E-state index contributed by atoms with van der Waals surface area (Å²) in [5.41, 5.74) is 0. The van der Waals surface area contributed by atoms with E-state index in [0.717, 1.165) is 0 Å². The number of rotatable bonds is 27. The van der Waals surface area contributed by atoms with Crippen LogP contribution in [-0.4, -0.2) is 29.6 Å². The monoisotopic (exact) mass is 491 g/mol. The predicted octanol–water partition coefficient (Wildman–Crippen LogP) is 11.2. The summed E-state index contributed by atoms with van der Waals surface area (Å²) in [4.78, 5) is 5.06. The van der Waals surface area contributed by atoms with Gasteiger partial charge in [0, 0.05) is 26.0 Å². The van der Waals surface area contributed by atoms with Gasteiger partial charge in [-0.3, -0.25) is 0 Å². The van der Waals surface area contributed by atoms with Crippen LogP contribution < -0.4 is 0 Å². The Bertz CT molecular complexity index is 446. The predicted molar refractivity (Wildman–Crippen MR) is 159 cm³/mol. The lowest BCUT2D eigenvalue weighted by Crippen LogP contribution is -2.37. The Hall–Kier alpha value is -0.660. The first-order chi connectivity index (χ1) is 17.3. The van der Waals surface area contributed by atoms with Crippen molar-refractivity contribution >= 4 is 0 Å². The van der Waals surface area contributed by atoms with Crippen molar-refractivity contribution in [2.45, 2.75) is 187 Å². The van der Waals surface area contributed by atoms with E-state index in [0.29, 0.717) is 6.17 Å². The highest BCUT2D eigenvalue weighted by Gasteiger charge is 2.22. The molecule has 0 amide bonds. The molecule has 1 heterocycles. The van der Waals surface area contributed by atoms with Crippen molar-refractivity contribution in [1.82, 2.24) is 9.80 Å². The molecule has 1 unspecified atom stereocenters. The quantitative estimate of drug-likeness (QED) is 0.106. The van der Waals surface area contributed by atoms with Gasteiger partial charge in [-0.15, -0.1) is 0 Å². The van der Waals surface area contributed by atoms with Crippen LogP contribution in [0.5, 0.6) is 0 Å². The normalized spacial score (nSPS) is 15.6. The Morgan fingerprint density at radius 3 is 1.17 bits per heavy atom. The first-order valence-corrected chi connectivity index (χ1v) is 16.5. The molecular formula is C33H66N2. The van der Waals surface area contributed by atoms with Crippen molar-refractivity contribution in [1.29, 1.82) is 0 Å². The van der Waals surface area contributed by atoms with Crippen LogP contribution in [0.3, 0.4) is 0 Å². The number of hydrogen-bond donors (Lipinski definition) is 0. The summed E-state index contributed by atoms with van der Waals surface area (Å²) in [6.07, 6.45) is 42.6. The summed E-state index contributed by atoms with van der Waals surface area (Å²) >= 11 is 0. The molecule has 1 aliphatic rings. The van der Waals surface area contributed by atoms with Crippen molar-refractivity contribution in [2.24, 2.45) is 0 Å². The molecule has 1 atom stereocenters. The average molecular weight is 491 g/mol. The van der Waals surface area contributed by atoms with Gasteiger partial charge < -0.3 is 9.80 Å². The van der Waals surface area contributed by atoms with Gasteiger partial charge in [0.1, 0.15) is 6.17 Å². The molecule has 0 radical (unpaired) electrons. The summed E-state index contributed by atoms with van der Waals surface area (Å²) in [5, 5.41) is 0. The second-order valence-corrected chi connectivity index (χ2v) is 11.6. The Kier molecular flexibility index (Phi) is 23.1. The molecule has 0 spiro atoms. The third-order valence-electron chi connectivity index (χ3n) is 8.18. The Balaban J connectivity index is 1.89. The van der Waals surface area contributed by atoms with Crippen LogP contribution in [0, 0.1) is 0 Å². The van der Waals surface area contributed by atoms with Crippen molar-refractivity contribution < 1.29 is 0 Å². The van der Waals surface area contributed by atoms with E-state index < -0.39 is 0 Å². The molecular weight excluding hydrogens is 424 g/mol. The number of nitrogens with zero attached hydrogens (tertiary/aromatic N) is 2. The van der Waals surface area contributed by atoms with Gasteiger partial charge in [-0.25, -0.2) is 0 Å². The van der Waals surface area contributed by atoms with Crippen LogP contribution in [0.15, 0.2) is 12.4 Å². The second kappa shape index (κ2) is 25.0. The average Bonchev–Trinajstić information content (AvgIpc) is 3.21. The first-order valence-electron chi connectivity index (χ1n) is 16.5. The van der Waals surface area contributed by atoms with E-state index in [2.05, 4.69) is 43.1 Å². The maximum atomic E-state index is 2.62. The van der Waals surface area contributed by atoms with Crippen LogP contribution in [-0.2, 0) is 0 Å². The molecule has 2 nitrogen and oxygen atoms in total. The zero-order chi connectivity index (χ0) is 25.2. The molecule has 0 saturated heterocycles. The van der Waals surface area contributed by atoms with E-state index in [9.17, 15) is 0 Å². The first kappa shape index (κ1) is 32.4. The third-order valence-corrected chi connectivity index (χ3v) is 8.18. The minimum atomic E-state index is 0.621. The highest BCUT2D eigenvalue weighted by atomic mass is 15.4. The van der Waals surface area contributed by atoms with E-state index >= 15 is 0 Å². The molecule has 0 fully saturated rings. The lowest BCUT2D eigenvalue weighted by molar-refractivity contribution is 0.159. The zero-order valence-electron chi connectivity index (χ0n) is 24.7. The fourth-order valence-electron chi connectivity index (χ4n) is 5.70. The molecule has 0 aromatic carbocycles. The maximum absolute atomic E-state index is 2.62. The molecule has 0 aromatic rings. The lowest BCUT2D eigenvalue weighted by atomic mass is 10.0.